The first-order chi connectivity index (χ1) is 14.4. The summed E-state index contributed by atoms with van der Waals surface area (Å²) >= 11 is 0. The Bertz CT molecular complexity index is 936. The zero-order chi connectivity index (χ0) is 21.9. The molecule has 0 bridgehead atoms. The second-order valence-corrected chi connectivity index (χ2v) is 6.30. The Morgan fingerprint density at radius 3 is 2.60 bits per heavy atom. The average Bonchev–Trinajstić information content (AvgIpc) is 3.25. The van der Waals surface area contributed by atoms with E-state index in [2.05, 4.69) is 10.6 Å². The van der Waals surface area contributed by atoms with Gasteiger partial charge in [-0.2, -0.15) is 0 Å². The van der Waals surface area contributed by atoms with Crippen molar-refractivity contribution in [2.45, 2.75) is 25.7 Å². The van der Waals surface area contributed by atoms with Crippen LogP contribution in [0.15, 0.2) is 52.8 Å². The number of nitrogens with one attached hydrogen (secondary N) is 2. The standard InChI is InChI=1S/C20H21N3O7/c24-18(25)9-2-1-3-10-21-19(26)16(22-20(27)17-8-5-11-30-17)13-14-6-4-7-15(12-14)23(28)29/h4-8,11-13H,1-3,9-10H2,(H,21,26)(H,22,27)(H,24,25). The van der Waals surface area contributed by atoms with Gasteiger partial charge >= 0.3 is 5.97 Å². The van der Waals surface area contributed by atoms with Crippen molar-refractivity contribution >= 4 is 29.5 Å². The molecule has 0 saturated heterocycles. The van der Waals surface area contributed by atoms with Crippen LogP contribution in [-0.4, -0.2) is 34.4 Å². The van der Waals surface area contributed by atoms with Crippen LogP contribution in [0.25, 0.3) is 6.08 Å². The lowest BCUT2D eigenvalue weighted by molar-refractivity contribution is -0.384. The summed E-state index contributed by atoms with van der Waals surface area (Å²) in [5, 5.41) is 24.7. The molecule has 3 N–H and O–H groups in total. The van der Waals surface area contributed by atoms with E-state index in [9.17, 15) is 24.5 Å². The van der Waals surface area contributed by atoms with Crippen LogP contribution in [0.2, 0.25) is 0 Å². The third-order valence-electron chi connectivity index (χ3n) is 3.98. The Morgan fingerprint density at radius 1 is 1.13 bits per heavy atom. The number of nitro benzene ring substituents is 1. The molecule has 0 saturated carbocycles. The number of furan rings is 1. The summed E-state index contributed by atoms with van der Waals surface area (Å²) in [4.78, 5) is 45.7. The molecule has 158 valence electrons. The van der Waals surface area contributed by atoms with Crippen LogP contribution in [0.1, 0.15) is 41.8 Å². The van der Waals surface area contributed by atoms with E-state index in [0.29, 0.717) is 24.8 Å². The van der Waals surface area contributed by atoms with Gasteiger partial charge in [-0.15, -0.1) is 0 Å². The van der Waals surface area contributed by atoms with Crippen LogP contribution in [-0.2, 0) is 9.59 Å². The van der Waals surface area contributed by atoms with E-state index >= 15 is 0 Å². The molecule has 0 radical (unpaired) electrons. The van der Waals surface area contributed by atoms with Crippen LogP contribution < -0.4 is 10.6 Å². The van der Waals surface area contributed by atoms with Crippen molar-refractivity contribution < 1.29 is 28.8 Å². The normalized spacial score (nSPS) is 11.0. The minimum atomic E-state index is -0.873. The number of amides is 2. The van der Waals surface area contributed by atoms with Crippen LogP contribution in [0.5, 0.6) is 0 Å². The van der Waals surface area contributed by atoms with Crippen molar-refractivity contribution in [2.75, 3.05) is 6.54 Å². The van der Waals surface area contributed by atoms with E-state index in [0.717, 1.165) is 0 Å². The van der Waals surface area contributed by atoms with Gasteiger partial charge in [0, 0.05) is 25.1 Å². The maximum Gasteiger partial charge on any atom is 0.303 e. The zero-order valence-electron chi connectivity index (χ0n) is 16.0. The summed E-state index contributed by atoms with van der Waals surface area (Å²) in [5.41, 5.74) is 0.0947. The van der Waals surface area contributed by atoms with Gasteiger partial charge in [-0.25, -0.2) is 0 Å². The summed E-state index contributed by atoms with van der Waals surface area (Å²) in [6.45, 7) is 0.279. The lowest BCUT2D eigenvalue weighted by Gasteiger charge is -2.10. The van der Waals surface area contributed by atoms with Gasteiger partial charge in [0.2, 0.25) is 0 Å². The van der Waals surface area contributed by atoms with E-state index in [1.807, 2.05) is 0 Å². The molecule has 0 fully saturated rings. The van der Waals surface area contributed by atoms with Crippen LogP contribution >= 0.6 is 0 Å². The molecule has 0 aliphatic rings. The van der Waals surface area contributed by atoms with Crippen LogP contribution in [0, 0.1) is 10.1 Å². The van der Waals surface area contributed by atoms with E-state index in [4.69, 9.17) is 9.52 Å². The van der Waals surface area contributed by atoms with Crippen molar-refractivity contribution in [1.82, 2.24) is 10.6 Å². The molecule has 2 rings (SSSR count). The number of rotatable bonds is 11. The minimum absolute atomic E-state index is 0.00131. The maximum atomic E-state index is 12.6. The number of non-ortho nitro benzene ring substituents is 1. The van der Waals surface area contributed by atoms with Crippen molar-refractivity contribution in [2.24, 2.45) is 0 Å². The number of unbranched alkanes of at least 4 members (excludes halogenated alkanes) is 2. The molecular formula is C20H21N3O7. The average molecular weight is 415 g/mol. The van der Waals surface area contributed by atoms with Crippen LogP contribution in [0.3, 0.4) is 0 Å². The zero-order valence-corrected chi connectivity index (χ0v) is 16.0. The van der Waals surface area contributed by atoms with Crippen LogP contribution in [0.4, 0.5) is 5.69 Å². The Hall–Kier alpha value is -3.95. The second kappa shape index (κ2) is 11.1. The van der Waals surface area contributed by atoms with Crippen molar-refractivity contribution in [3.05, 3.63) is 69.8 Å². The first-order valence-electron chi connectivity index (χ1n) is 9.18. The molecule has 30 heavy (non-hydrogen) atoms. The molecule has 1 heterocycles. The second-order valence-electron chi connectivity index (χ2n) is 6.30. The molecule has 0 unspecified atom stereocenters. The SMILES string of the molecule is O=C(O)CCCCCNC(=O)C(=Cc1cccc([N+](=O)[O-])c1)NC(=O)c1ccco1. The van der Waals surface area contributed by atoms with E-state index in [1.54, 1.807) is 6.07 Å². The largest absolute Gasteiger partial charge is 0.481 e. The molecule has 0 aliphatic carbocycles. The van der Waals surface area contributed by atoms with Crippen molar-refractivity contribution in [3.63, 3.8) is 0 Å². The van der Waals surface area contributed by atoms with Gasteiger partial charge in [0.15, 0.2) is 5.76 Å². The lowest BCUT2D eigenvalue weighted by atomic mass is 10.1. The fourth-order valence-corrected chi connectivity index (χ4v) is 2.52. The first kappa shape index (κ1) is 22.3. The molecule has 0 spiro atoms. The summed E-state index contributed by atoms with van der Waals surface area (Å²) in [5.74, 6) is -2.10. The van der Waals surface area contributed by atoms with Crippen molar-refractivity contribution in [3.8, 4) is 0 Å². The Balaban J connectivity index is 2.09. The number of carbonyl (C=O) groups excluding carboxylic acids is 2. The van der Waals surface area contributed by atoms with E-state index in [-0.39, 0.29) is 30.1 Å². The smallest absolute Gasteiger partial charge is 0.303 e. The van der Waals surface area contributed by atoms with Gasteiger partial charge in [0.05, 0.1) is 11.2 Å². The molecule has 0 aliphatic heterocycles. The number of benzene rings is 1. The number of aliphatic carboxylic acids is 1. The summed E-state index contributed by atoms with van der Waals surface area (Å²) in [6, 6.07) is 8.58. The van der Waals surface area contributed by atoms with Gasteiger partial charge in [-0.3, -0.25) is 24.5 Å². The van der Waals surface area contributed by atoms with Crippen molar-refractivity contribution in [1.29, 1.82) is 0 Å². The maximum absolute atomic E-state index is 12.6. The predicted molar refractivity (Wildman–Crippen MR) is 106 cm³/mol. The minimum Gasteiger partial charge on any atom is -0.481 e. The monoisotopic (exact) mass is 415 g/mol. The Labute approximate surface area is 171 Å². The number of hydrogen-bond acceptors (Lipinski definition) is 6. The van der Waals surface area contributed by atoms with Gasteiger partial charge in [-0.1, -0.05) is 18.6 Å². The fraction of sp³-hybridized carbons (Fsp3) is 0.250. The highest BCUT2D eigenvalue weighted by atomic mass is 16.6. The van der Waals surface area contributed by atoms with Gasteiger partial charge < -0.3 is 20.2 Å². The highest BCUT2D eigenvalue weighted by molar-refractivity contribution is 6.04. The highest BCUT2D eigenvalue weighted by Gasteiger charge is 2.16. The number of nitrogens with zero attached hydrogens (tertiary/aromatic N) is 1. The molecule has 10 nitrogen and oxygen atoms in total. The number of hydrogen-bond donors (Lipinski definition) is 3. The van der Waals surface area contributed by atoms with E-state index in [1.165, 1.54) is 42.7 Å². The molecule has 0 atom stereocenters. The van der Waals surface area contributed by atoms with Gasteiger partial charge in [0.25, 0.3) is 17.5 Å². The molecular weight excluding hydrogens is 394 g/mol. The Kier molecular flexibility index (Phi) is 8.30. The third-order valence-corrected chi connectivity index (χ3v) is 3.98. The highest BCUT2D eigenvalue weighted by Crippen LogP contribution is 2.15. The quantitative estimate of drug-likeness (QED) is 0.221. The summed E-state index contributed by atoms with van der Waals surface area (Å²) in [6.07, 6.45) is 4.38. The van der Waals surface area contributed by atoms with Gasteiger partial charge in [-0.05, 0) is 36.6 Å². The molecule has 2 aromatic rings. The third kappa shape index (κ3) is 7.23. The molecule has 1 aromatic carbocycles. The molecule has 10 heteroatoms. The predicted octanol–water partition coefficient (Wildman–Crippen LogP) is 2.72. The molecule has 2 amide bonds. The number of carboxylic acid groups (broad SMARTS) is 1. The number of carbonyl (C=O) groups is 3. The summed E-state index contributed by atoms with van der Waals surface area (Å²) in [7, 11) is 0. The molecule has 1 aromatic heterocycles. The summed E-state index contributed by atoms with van der Waals surface area (Å²) < 4.78 is 5.01. The Morgan fingerprint density at radius 2 is 1.93 bits per heavy atom. The van der Waals surface area contributed by atoms with E-state index < -0.39 is 22.7 Å². The van der Waals surface area contributed by atoms with Gasteiger partial charge in [0.1, 0.15) is 5.70 Å². The fourth-order valence-electron chi connectivity index (χ4n) is 2.52. The number of nitro groups is 1. The topological polar surface area (TPSA) is 152 Å². The first-order valence-corrected chi connectivity index (χ1v) is 9.18. The lowest BCUT2D eigenvalue weighted by Crippen LogP contribution is -2.35. The number of carboxylic acids is 1.